The number of carboxylic acid groups (broad SMARTS) is 1. The van der Waals surface area contributed by atoms with E-state index in [9.17, 15) is 4.79 Å². The van der Waals surface area contributed by atoms with Gasteiger partial charge in [0.15, 0.2) is 0 Å². The van der Waals surface area contributed by atoms with E-state index in [1.165, 1.54) is 18.4 Å². The number of carbonyl (C=O) groups is 1. The summed E-state index contributed by atoms with van der Waals surface area (Å²) in [6.07, 6.45) is 6.33. The number of ether oxygens (including phenoxy) is 1. The van der Waals surface area contributed by atoms with Gasteiger partial charge in [0.25, 0.3) is 0 Å². The molecule has 0 unspecified atom stereocenters. The van der Waals surface area contributed by atoms with Crippen LogP contribution in [0, 0.1) is 0 Å². The lowest BCUT2D eigenvalue weighted by atomic mass is 9.77. The first-order valence-corrected chi connectivity index (χ1v) is 7.13. The molecule has 1 N–H and O–H groups in total. The lowest BCUT2D eigenvalue weighted by Crippen LogP contribution is -2.45. The first-order valence-electron chi connectivity index (χ1n) is 7.13. The lowest BCUT2D eigenvalue weighted by Gasteiger charge is -2.40. The van der Waals surface area contributed by atoms with E-state index in [0.29, 0.717) is 0 Å². The van der Waals surface area contributed by atoms with Crippen LogP contribution in [0.3, 0.4) is 0 Å². The maximum absolute atomic E-state index is 10.9. The minimum absolute atomic E-state index is 0.102. The van der Waals surface area contributed by atoms with Crippen LogP contribution in [0.2, 0.25) is 0 Å². The quantitative estimate of drug-likeness (QED) is 0.812. The Morgan fingerprint density at radius 1 is 1.32 bits per heavy atom. The van der Waals surface area contributed by atoms with Crippen molar-refractivity contribution in [2.45, 2.75) is 57.5 Å². The van der Waals surface area contributed by atoms with Crippen LogP contribution >= 0.6 is 0 Å². The van der Waals surface area contributed by atoms with Crippen molar-refractivity contribution < 1.29 is 14.6 Å². The van der Waals surface area contributed by atoms with Crippen molar-refractivity contribution in [3.8, 4) is 5.75 Å². The van der Waals surface area contributed by atoms with Gasteiger partial charge in [-0.15, -0.1) is 0 Å². The van der Waals surface area contributed by atoms with Crippen LogP contribution in [-0.2, 0) is 11.2 Å². The van der Waals surface area contributed by atoms with E-state index in [2.05, 4.69) is 19.1 Å². The molecule has 0 spiro atoms. The Hall–Kier alpha value is -1.51. The third-order valence-corrected chi connectivity index (χ3v) is 3.81. The fraction of sp³-hybridized carbons (Fsp3) is 0.562. The summed E-state index contributed by atoms with van der Waals surface area (Å²) in [6.45, 7) is 2.18. The Labute approximate surface area is 114 Å². The normalized spacial score (nSPS) is 16.7. The number of carboxylic acids is 1. The minimum Gasteiger partial charge on any atom is -0.487 e. The molecule has 0 bridgehead atoms. The van der Waals surface area contributed by atoms with E-state index in [-0.39, 0.29) is 6.42 Å². The van der Waals surface area contributed by atoms with E-state index in [1.54, 1.807) is 0 Å². The third-order valence-electron chi connectivity index (χ3n) is 3.81. The molecule has 0 heterocycles. The van der Waals surface area contributed by atoms with Crippen LogP contribution in [0.5, 0.6) is 5.75 Å². The molecule has 1 aliphatic rings. The number of benzene rings is 1. The summed E-state index contributed by atoms with van der Waals surface area (Å²) in [5.74, 6) is 0.0143. The molecular weight excluding hydrogens is 240 g/mol. The van der Waals surface area contributed by atoms with Gasteiger partial charge in [0.2, 0.25) is 0 Å². The fourth-order valence-electron chi connectivity index (χ4n) is 2.52. The summed E-state index contributed by atoms with van der Waals surface area (Å²) in [5, 5.41) is 8.95. The number of hydrogen-bond donors (Lipinski definition) is 1. The van der Waals surface area contributed by atoms with Gasteiger partial charge >= 0.3 is 5.97 Å². The molecule has 1 aromatic rings. The first kappa shape index (κ1) is 13.9. The molecule has 1 aromatic carbocycles. The van der Waals surface area contributed by atoms with Gasteiger partial charge in [-0.1, -0.05) is 25.5 Å². The Bertz CT molecular complexity index is 418. The van der Waals surface area contributed by atoms with Crippen molar-refractivity contribution >= 4 is 5.97 Å². The van der Waals surface area contributed by atoms with Gasteiger partial charge in [-0.05, 0) is 49.8 Å². The zero-order valence-corrected chi connectivity index (χ0v) is 11.5. The van der Waals surface area contributed by atoms with Crippen molar-refractivity contribution in [3.05, 3.63) is 29.8 Å². The van der Waals surface area contributed by atoms with Crippen molar-refractivity contribution in [3.63, 3.8) is 0 Å². The summed E-state index contributed by atoms with van der Waals surface area (Å²) >= 11 is 0. The first-order chi connectivity index (χ1) is 9.13. The van der Waals surface area contributed by atoms with E-state index >= 15 is 0 Å². The number of unbranched alkanes of at least 4 members (excludes halogenated alkanes) is 1. The van der Waals surface area contributed by atoms with Crippen LogP contribution < -0.4 is 4.74 Å². The molecule has 3 nitrogen and oxygen atoms in total. The van der Waals surface area contributed by atoms with E-state index in [1.807, 2.05) is 12.1 Å². The van der Waals surface area contributed by atoms with Gasteiger partial charge in [-0.2, -0.15) is 0 Å². The second-order valence-electron chi connectivity index (χ2n) is 5.46. The molecule has 1 aliphatic carbocycles. The molecular formula is C16H22O3. The van der Waals surface area contributed by atoms with E-state index < -0.39 is 11.6 Å². The van der Waals surface area contributed by atoms with Crippen LogP contribution in [-0.4, -0.2) is 16.7 Å². The molecule has 0 radical (unpaired) electrons. The Morgan fingerprint density at radius 3 is 2.47 bits per heavy atom. The molecule has 0 aliphatic heterocycles. The lowest BCUT2D eigenvalue weighted by molar-refractivity contribution is -0.144. The summed E-state index contributed by atoms with van der Waals surface area (Å²) in [4.78, 5) is 10.9. The SMILES string of the molecule is CCCCc1ccc(OC2(CC(=O)O)CCC2)cc1. The van der Waals surface area contributed by atoms with Gasteiger partial charge < -0.3 is 9.84 Å². The van der Waals surface area contributed by atoms with Gasteiger partial charge in [0.1, 0.15) is 11.4 Å². The highest BCUT2D eigenvalue weighted by Crippen LogP contribution is 2.39. The molecule has 0 aromatic heterocycles. The molecule has 19 heavy (non-hydrogen) atoms. The van der Waals surface area contributed by atoms with Crippen molar-refractivity contribution in [1.29, 1.82) is 0 Å². The highest BCUT2D eigenvalue weighted by atomic mass is 16.5. The van der Waals surface area contributed by atoms with Crippen molar-refractivity contribution in [2.75, 3.05) is 0 Å². The molecule has 0 saturated heterocycles. The number of rotatable bonds is 7. The predicted octanol–water partition coefficient (Wildman–Crippen LogP) is 3.81. The maximum Gasteiger partial charge on any atom is 0.307 e. The van der Waals surface area contributed by atoms with Crippen LogP contribution in [0.25, 0.3) is 0 Å². The highest BCUT2D eigenvalue weighted by Gasteiger charge is 2.41. The smallest absolute Gasteiger partial charge is 0.307 e. The van der Waals surface area contributed by atoms with Gasteiger partial charge in [-0.25, -0.2) is 0 Å². The Morgan fingerprint density at radius 2 is 2.00 bits per heavy atom. The summed E-state index contributed by atoms with van der Waals surface area (Å²) in [7, 11) is 0. The average Bonchev–Trinajstić information content (AvgIpc) is 2.35. The number of hydrogen-bond acceptors (Lipinski definition) is 2. The second-order valence-corrected chi connectivity index (χ2v) is 5.46. The Kier molecular flexibility index (Phi) is 4.46. The van der Waals surface area contributed by atoms with Crippen LogP contribution in [0.15, 0.2) is 24.3 Å². The largest absolute Gasteiger partial charge is 0.487 e. The van der Waals surface area contributed by atoms with Crippen molar-refractivity contribution in [2.24, 2.45) is 0 Å². The molecule has 3 heteroatoms. The van der Waals surface area contributed by atoms with Crippen molar-refractivity contribution in [1.82, 2.24) is 0 Å². The predicted molar refractivity (Wildman–Crippen MR) is 74.5 cm³/mol. The monoisotopic (exact) mass is 262 g/mol. The minimum atomic E-state index is -0.778. The molecule has 1 saturated carbocycles. The number of aliphatic carboxylic acids is 1. The summed E-state index contributed by atoms with van der Waals surface area (Å²) in [6, 6.07) is 8.09. The van der Waals surface area contributed by atoms with E-state index in [4.69, 9.17) is 9.84 Å². The van der Waals surface area contributed by atoms with Crippen LogP contribution in [0.1, 0.15) is 51.0 Å². The topological polar surface area (TPSA) is 46.5 Å². The maximum atomic E-state index is 10.9. The molecule has 1 fully saturated rings. The highest BCUT2D eigenvalue weighted by molar-refractivity contribution is 5.68. The third kappa shape index (κ3) is 3.72. The standard InChI is InChI=1S/C16H22O3/c1-2-3-5-13-6-8-14(9-7-13)19-16(10-4-11-16)12-15(17)18/h6-9H,2-5,10-12H2,1H3,(H,17,18). The van der Waals surface area contributed by atoms with Gasteiger partial charge in [0.05, 0.1) is 6.42 Å². The Balaban J connectivity index is 1.96. The van der Waals surface area contributed by atoms with Gasteiger partial charge in [0, 0.05) is 0 Å². The average molecular weight is 262 g/mol. The molecule has 2 rings (SSSR count). The van der Waals surface area contributed by atoms with Gasteiger partial charge in [-0.3, -0.25) is 4.79 Å². The fourth-order valence-corrected chi connectivity index (χ4v) is 2.52. The second kappa shape index (κ2) is 6.09. The van der Waals surface area contributed by atoms with E-state index in [0.717, 1.165) is 31.4 Å². The number of aryl methyl sites for hydroxylation is 1. The molecule has 0 atom stereocenters. The molecule has 0 amide bonds. The zero-order chi connectivity index (χ0) is 13.7. The summed E-state index contributed by atoms with van der Waals surface area (Å²) in [5.41, 5.74) is 0.853. The van der Waals surface area contributed by atoms with Crippen LogP contribution in [0.4, 0.5) is 0 Å². The zero-order valence-electron chi connectivity index (χ0n) is 11.5. The summed E-state index contributed by atoms with van der Waals surface area (Å²) < 4.78 is 5.93. The molecule has 104 valence electrons.